The van der Waals surface area contributed by atoms with Crippen LogP contribution in [0, 0.1) is 5.92 Å². The molecule has 0 aliphatic carbocycles. The fourth-order valence-corrected chi connectivity index (χ4v) is 4.56. The molecule has 5 rings (SSSR count). The van der Waals surface area contributed by atoms with E-state index in [1.807, 2.05) is 67.6 Å². The number of methoxy groups -OCH3 is 1. The number of fused-ring (bicyclic) bond motifs is 1. The van der Waals surface area contributed by atoms with E-state index in [-0.39, 0.29) is 11.9 Å². The van der Waals surface area contributed by atoms with Crippen LogP contribution < -0.4 is 15.4 Å². The number of aliphatic imine (C=N–C) groups is 2. The zero-order valence-corrected chi connectivity index (χ0v) is 20.6. The first-order valence-electron chi connectivity index (χ1n) is 11.0. The van der Waals surface area contributed by atoms with Gasteiger partial charge in [0.2, 0.25) is 11.9 Å². The average molecular weight is 532 g/mol. The summed E-state index contributed by atoms with van der Waals surface area (Å²) in [6, 6.07) is 22.2. The number of oxazole rings is 1. The Balaban J connectivity index is 1.49. The third kappa shape index (κ3) is 4.67. The maximum atomic E-state index is 13.5. The first-order valence-corrected chi connectivity index (χ1v) is 11.8. The molecule has 1 aromatic heterocycles. The number of nitrogens with zero attached hydrogens (tertiary/aromatic N) is 3. The number of carbonyl (C=O) groups is 1. The lowest BCUT2D eigenvalue weighted by molar-refractivity contribution is -0.118. The first-order chi connectivity index (χ1) is 17.0. The van der Waals surface area contributed by atoms with Gasteiger partial charge in [0.15, 0.2) is 5.58 Å². The van der Waals surface area contributed by atoms with Gasteiger partial charge in [-0.3, -0.25) is 10.1 Å². The van der Waals surface area contributed by atoms with Crippen molar-refractivity contribution < 1.29 is 13.9 Å². The van der Waals surface area contributed by atoms with E-state index in [1.165, 1.54) is 0 Å². The number of hydrogen-bond donors (Lipinski definition) is 2. The molecule has 1 aliphatic rings. The molecule has 4 aromatic rings. The van der Waals surface area contributed by atoms with E-state index in [1.54, 1.807) is 19.2 Å². The van der Waals surface area contributed by atoms with Crippen molar-refractivity contribution in [1.82, 2.24) is 4.98 Å². The Labute approximate surface area is 210 Å². The van der Waals surface area contributed by atoms with Crippen LogP contribution in [0.15, 0.2) is 91.7 Å². The molecule has 0 radical (unpaired) electrons. The molecule has 2 unspecified atom stereocenters. The molecular formula is C26H22BrN5O3. The van der Waals surface area contributed by atoms with E-state index in [0.717, 1.165) is 15.6 Å². The zero-order valence-electron chi connectivity index (χ0n) is 19.0. The Morgan fingerprint density at radius 2 is 1.77 bits per heavy atom. The van der Waals surface area contributed by atoms with E-state index < -0.39 is 12.0 Å². The molecule has 3 aromatic carbocycles. The number of aromatic nitrogens is 1. The molecule has 1 aliphatic heterocycles. The van der Waals surface area contributed by atoms with Crippen molar-refractivity contribution in [3.05, 3.63) is 82.8 Å². The SMILES string of the molecule is COc1ccccc1NC(=O)C1C(C)=NC(Nc2nc3ccccc3o2)=NC1c1ccccc1Br. The predicted molar refractivity (Wildman–Crippen MR) is 140 cm³/mol. The molecule has 2 heterocycles. The maximum absolute atomic E-state index is 13.5. The molecule has 2 atom stereocenters. The van der Waals surface area contributed by atoms with Crippen molar-refractivity contribution in [2.75, 3.05) is 17.7 Å². The Morgan fingerprint density at radius 1 is 1.03 bits per heavy atom. The summed E-state index contributed by atoms with van der Waals surface area (Å²) in [5, 5.41) is 6.05. The van der Waals surface area contributed by atoms with Crippen molar-refractivity contribution in [3.8, 4) is 5.75 Å². The number of anilines is 2. The quantitative estimate of drug-likeness (QED) is 0.337. The summed E-state index contributed by atoms with van der Waals surface area (Å²) < 4.78 is 12.0. The number of para-hydroxylation sites is 4. The van der Waals surface area contributed by atoms with Crippen LogP contribution in [0.2, 0.25) is 0 Å². The van der Waals surface area contributed by atoms with Gasteiger partial charge >= 0.3 is 6.01 Å². The number of hydrogen-bond acceptors (Lipinski definition) is 7. The number of rotatable bonds is 5. The van der Waals surface area contributed by atoms with Gasteiger partial charge in [0.1, 0.15) is 17.2 Å². The lowest BCUT2D eigenvalue weighted by atomic mass is 9.88. The van der Waals surface area contributed by atoms with Crippen molar-refractivity contribution in [2.24, 2.45) is 15.9 Å². The summed E-state index contributed by atoms with van der Waals surface area (Å²) in [4.78, 5) is 27.4. The molecule has 35 heavy (non-hydrogen) atoms. The summed E-state index contributed by atoms with van der Waals surface area (Å²) >= 11 is 3.62. The van der Waals surface area contributed by atoms with E-state index in [2.05, 4.69) is 36.5 Å². The van der Waals surface area contributed by atoms with Gasteiger partial charge < -0.3 is 14.5 Å². The van der Waals surface area contributed by atoms with Gasteiger partial charge in [-0.15, -0.1) is 0 Å². The Bertz CT molecular complexity index is 1430. The molecule has 0 bridgehead atoms. The highest BCUT2D eigenvalue weighted by Crippen LogP contribution is 2.36. The molecule has 1 amide bonds. The summed E-state index contributed by atoms with van der Waals surface area (Å²) in [6.45, 7) is 1.82. The fourth-order valence-electron chi connectivity index (χ4n) is 4.04. The summed E-state index contributed by atoms with van der Waals surface area (Å²) in [6.07, 6.45) is 0. The number of benzene rings is 3. The standard InChI is InChI=1S/C26H22BrN5O3/c1-15-22(24(33)29-18-11-5-7-13-20(18)34-2)23(16-9-3-4-10-17(16)27)31-25(28-15)32-26-30-19-12-6-8-14-21(19)35-26/h3-14,22-23H,1-2H3,(H,29,33)(H,30,31,32). The third-order valence-corrected chi connectivity index (χ3v) is 6.42. The van der Waals surface area contributed by atoms with Crippen molar-refractivity contribution in [3.63, 3.8) is 0 Å². The van der Waals surface area contributed by atoms with Crippen LogP contribution in [0.25, 0.3) is 11.1 Å². The smallest absolute Gasteiger partial charge is 0.302 e. The number of amides is 1. The summed E-state index contributed by atoms with van der Waals surface area (Å²) in [5.41, 5.74) is 3.43. The molecule has 0 fully saturated rings. The number of ether oxygens (including phenoxy) is 1. The normalized spacial score (nSPS) is 17.5. The van der Waals surface area contributed by atoms with Gasteiger partial charge in [-0.1, -0.05) is 58.4 Å². The number of guanidine groups is 1. The highest BCUT2D eigenvalue weighted by Gasteiger charge is 2.36. The molecule has 9 heteroatoms. The topological polar surface area (TPSA) is 101 Å². The molecule has 8 nitrogen and oxygen atoms in total. The second-order valence-corrected chi connectivity index (χ2v) is 8.81. The van der Waals surface area contributed by atoms with Crippen LogP contribution in [0.1, 0.15) is 18.5 Å². The Hall–Kier alpha value is -3.98. The van der Waals surface area contributed by atoms with Gasteiger partial charge in [0, 0.05) is 10.2 Å². The highest BCUT2D eigenvalue weighted by molar-refractivity contribution is 9.10. The zero-order chi connectivity index (χ0) is 24.4. The number of halogens is 1. The minimum absolute atomic E-state index is 0.235. The third-order valence-electron chi connectivity index (χ3n) is 5.69. The van der Waals surface area contributed by atoms with Gasteiger partial charge in [-0.2, -0.15) is 4.98 Å². The molecule has 176 valence electrons. The lowest BCUT2D eigenvalue weighted by Gasteiger charge is -2.28. The predicted octanol–water partition coefficient (Wildman–Crippen LogP) is 5.84. The molecular weight excluding hydrogens is 510 g/mol. The minimum Gasteiger partial charge on any atom is -0.495 e. The van der Waals surface area contributed by atoms with Crippen LogP contribution in [-0.4, -0.2) is 29.7 Å². The van der Waals surface area contributed by atoms with Crippen molar-refractivity contribution >= 4 is 56.3 Å². The van der Waals surface area contributed by atoms with Crippen LogP contribution in [0.5, 0.6) is 5.75 Å². The number of nitrogens with one attached hydrogen (secondary N) is 2. The average Bonchev–Trinajstić information content (AvgIpc) is 3.26. The van der Waals surface area contributed by atoms with E-state index in [9.17, 15) is 4.79 Å². The van der Waals surface area contributed by atoms with Gasteiger partial charge in [0.25, 0.3) is 0 Å². The van der Waals surface area contributed by atoms with Crippen molar-refractivity contribution in [1.29, 1.82) is 0 Å². The van der Waals surface area contributed by atoms with E-state index >= 15 is 0 Å². The summed E-state index contributed by atoms with van der Waals surface area (Å²) in [7, 11) is 1.57. The largest absolute Gasteiger partial charge is 0.495 e. The molecule has 0 saturated heterocycles. The monoisotopic (exact) mass is 531 g/mol. The van der Waals surface area contributed by atoms with Gasteiger partial charge in [0.05, 0.1) is 18.8 Å². The Kier molecular flexibility index (Phi) is 6.33. The van der Waals surface area contributed by atoms with Crippen LogP contribution in [-0.2, 0) is 4.79 Å². The Morgan fingerprint density at radius 3 is 2.57 bits per heavy atom. The second-order valence-electron chi connectivity index (χ2n) is 7.95. The van der Waals surface area contributed by atoms with Crippen molar-refractivity contribution in [2.45, 2.75) is 13.0 Å². The van der Waals surface area contributed by atoms with E-state index in [4.69, 9.17) is 14.1 Å². The van der Waals surface area contributed by atoms with Crippen LogP contribution in [0.3, 0.4) is 0 Å². The molecule has 0 spiro atoms. The van der Waals surface area contributed by atoms with Gasteiger partial charge in [-0.05, 0) is 42.8 Å². The van der Waals surface area contributed by atoms with Crippen LogP contribution in [0.4, 0.5) is 11.7 Å². The maximum Gasteiger partial charge on any atom is 0.302 e. The lowest BCUT2D eigenvalue weighted by Crippen LogP contribution is -2.37. The first kappa shape index (κ1) is 22.8. The minimum atomic E-state index is -0.646. The molecule has 2 N–H and O–H groups in total. The molecule has 0 saturated carbocycles. The summed E-state index contributed by atoms with van der Waals surface area (Å²) in [5.74, 6) is 0.00983. The van der Waals surface area contributed by atoms with E-state index in [0.29, 0.717) is 28.7 Å². The van der Waals surface area contributed by atoms with Gasteiger partial charge in [-0.25, -0.2) is 9.98 Å². The van der Waals surface area contributed by atoms with Crippen LogP contribution >= 0.6 is 15.9 Å². The number of carbonyl (C=O) groups excluding carboxylic acids is 1. The fraction of sp³-hybridized carbons (Fsp3) is 0.154. The second kappa shape index (κ2) is 9.71. The highest BCUT2D eigenvalue weighted by atomic mass is 79.9.